The smallest absolute Gasteiger partial charge is 0.253 e. The van der Waals surface area contributed by atoms with Crippen molar-refractivity contribution in [2.24, 2.45) is 0 Å². The minimum atomic E-state index is -0.216. The normalized spacial score (nSPS) is 11.8. The quantitative estimate of drug-likeness (QED) is 0.865. The van der Waals surface area contributed by atoms with E-state index in [1.54, 1.807) is 0 Å². The number of aryl methyl sites for hydroxylation is 1. The number of hydrogen-bond donors (Lipinski definition) is 1. The summed E-state index contributed by atoms with van der Waals surface area (Å²) in [5.74, 6) is -0.00843. The van der Waals surface area contributed by atoms with E-state index in [9.17, 15) is 4.79 Å². The number of carbonyl (C=O) groups excluding carboxylic acids is 1. The van der Waals surface area contributed by atoms with Gasteiger partial charge in [-0.2, -0.15) is 0 Å². The van der Waals surface area contributed by atoms with Gasteiger partial charge in [-0.25, -0.2) is 0 Å². The Bertz CT molecular complexity index is 576. The Morgan fingerprint density at radius 3 is 2.56 bits per heavy atom. The van der Waals surface area contributed by atoms with Crippen molar-refractivity contribution in [3.05, 3.63) is 36.0 Å². The second-order valence-electron chi connectivity index (χ2n) is 5.55. The maximum absolute atomic E-state index is 12.3. The molecule has 0 unspecified atom stereocenters. The molecule has 0 aliphatic heterocycles. The molecule has 1 aromatic heterocycles. The molecule has 1 aromatic carbocycles. The highest BCUT2D eigenvalue weighted by Crippen LogP contribution is 2.21. The molecule has 0 aliphatic carbocycles. The van der Waals surface area contributed by atoms with Crippen LogP contribution in [0.3, 0.4) is 0 Å². The predicted molar refractivity (Wildman–Crippen MR) is 74.8 cm³/mol. The summed E-state index contributed by atoms with van der Waals surface area (Å²) >= 11 is 0. The van der Waals surface area contributed by atoms with E-state index in [1.807, 2.05) is 51.2 Å². The van der Waals surface area contributed by atoms with E-state index in [4.69, 9.17) is 0 Å². The third kappa shape index (κ3) is 2.40. The number of para-hydroxylation sites is 1. The van der Waals surface area contributed by atoms with E-state index in [0.29, 0.717) is 0 Å². The third-order valence-electron chi connectivity index (χ3n) is 2.86. The van der Waals surface area contributed by atoms with Gasteiger partial charge < -0.3 is 9.88 Å². The maximum atomic E-state index is 12.3. The number of carbonyl (C=O) groups is 1. The number of nitrogens with one attached hydrogen (secondary N) is 1. The number of hydrogen-bond acceptors (Lipinski definition) is 1. The van der Waals surface area contributed by atoms with Crippen LogP contribution in [0.25, 0.3) is 10.9 Å². The van der Waals surface area contributed by atoms with Gasteiger partial charge in [-0.05, 0) is 33.8 Å². The standard InChI is InChI=1S/C15H20N2O/c1-5-17-10-12(14(18)16-15(2,3)4)11-8-6-7-9-13(11)17/h6-10H,5H2,1-4H3,(H,16,18). The molecule has 1 heterocycles. The van der Waals surface area contributed by atoms with E-state index in [-0.39, 0.29) is 11.4 Å². The fourth-order valence-corrected chi connectivity index (χ4v) is 2.10. The number of rotatable bonds is 2. The number of benzene rings is 1. The zero-order chi connectivity index (χ0) is 13.3. The van der Waals surface area contributed by atoms with Crippen LogP contribution >= 0.6 is 0 Å². The SMILES string of the molecule is CCn1cc(C(=O)NC(C)(C)C)c2ccccc21. The summed E-state index contributed by atoms with van der Waals surface area (Å²) in [6.07, 6.45) is 1.94. The lowest BCUT2D eigenvalue weighted by atomic mass is 10.1. The van der Waals surface area contributed by atoms with Crippen molar-refractivity contribution in [3.63, 3.8) is 0 Å². The first-order valence-corrected chi connectivity index (χ1v) is 6.33. The molecular weight excluding hydrogens is 224 g/mol. The number of amides is 1. The van der Waals surface area contributed by atoms with Crippen molar-refractivity contribution in [2.45, 2.75) is 39.8 Å². The maximum Gasteiger partial charge on any atom is 0.253 e. The van der Waals surface area contributed by atoms with Crippen LogP contribution in [0, 0.1) is 0 Å². The molecule has 0 saturated heterocycles. The van der Waals surface area contributed by atoms with Crippen molar-refractivity contribution in [1.29, 1.82) is 0 Å². The molecule has 0 aliphatic rings. The Labute approximate surface area is 108 Å². The van der Waals surface area contributed by atoms with Gasteiger partial charge in [-0.1, -0.05) is 18.2 Å². The van der Waals surface area contributed by atoms with E-state index in [2.05, 4.69) is 16.8 Å². The molecule has 1 N–H and O–H groups in total. The molecule has 96 valence electrons. The fourth-order valence-electron chi connectivity index (χ4n) is 2.10. The van der Waals surface area contributed by atoms with E-state index < -0.39 is 0 Å². The highest BCUT2D eigenvalue weighted by Gasteiger charge is 2.19. The van der Waals surface area contributed by atoms with Gasteiger partial charge in [0.05, 0.1) is 5.56 Å². The van der Waals surface area contributed by atoms with E-state index >= 15 is 0 Å². The van der Waals surface area contributed by atoms with Crippen molar-refractivity contribution in [3.8, 4) is 0 Å². The zero-order valence-corrected chi connectivity index (χ0v) is 11.4. The van der Waals surface area contributed by atoms with Crippen LogP contribution in [0.4, 0.5) is 0 Å². The van der Waals surface area contributed by atoms with E-state index in [0.717, 1.165) is 23.0 Å². The van der Waals surface area contributed by atoms with Gasteiger partial charge in [-0.3, -0.25) is 4.79 Å². The van der Waals surface area contributed by atoms with Crippen LogP contribution in [0.15, 0.2) is 30.5 Å². The minimum absolute atomic E-state index is 0.00843. The first-order valence-electron chi connectivity index (χ1n) is 6.33. The van der Waals surface area contributed by atoms with Gasteiger partial charge in [0, 0.05) is 29.2 Å². The first kappa shape index (κ1) is 12.7. The number of aromatic nitrogens is 1. The number of nitrogens with zero attached hydrogens (tertiary/aromatic N) is 1. The van der Waals surface area contributed by atoms with Crippen molar-refractivity contribution in [2.75, 3.05) is 0 Å². The Morgan fingerprint density at radius 2 is 1.94 bits per heavy atom. The molecule has 0 atom stereocenters. The van der Waals surface area contributed by atoms with Crippen LogP contribution < -0.4 is 5.32 Å². The van der Waals surface area contributed by atoms with Gasteiger partial charge in [0.1, 0.15) is 0 Å². The molecule has 2 aromatic rings. The zero-order valence-electron chi connectivity index (χ0n) is 11.4. The molecule has 3 heteroatoms. The molecule has 18 heavy (non-hydrogen) atoms. The Morgan fingerprint density at radius 1 is 1.28 bits per heavy atom. The molecule has 1 amide bonds. The Balaban J connectivity index is 2.48. The summed E-state index contributed by atoms with van der Waals surface area (Å²) in [6, 6.07) is 8.02. The monoisotopic (exact) mass is 244 g/mol. The van der Waals surface area contributed by atoms with Gasteiger partial charge in [0.15, 0.2) is 0 Å². The van der Waals surface area contributed by atoms with Crippen LogP contribution in [0.1, 0.15) is 38.1 Å². The predicted octanol–water partition coefficient (Wildman–Crippen LogP) is 3.19. The molecule has 0 saturated carbocycles. The number of fused-ring (bicyclic) bond motifs is 1. The van der Waals surface area contributed by atoms with Crippen molar-refractivity contribution < 1.29 is 4.79 Å². The highest BCUT2D eigenvalue weighted by molar-refractivity contribution is 6.07. The van der Waals surface area contributed by atoms with Gasteiger partial charge in [-0.15, -0.1) is 0 Å². The molecule has 0 radical (unpaired) electrons. The van der Waals surface area contributed by atoms with Crippen molar-refractivity contribution in [1.82, 2.24) is 9.88 Å². The fraction of sp³-hybridized carbons (Fsp3) is 0.400. The minimum Gasteiger partial charge on any atom is -0.347 e. The third-order valence-corrected chi connectivity index (χ3v) is 2.86. The highest BCUT2D eigenvalue weighted by atomic mass is 16.1. The topological polar surface area (TPSA) is 34.0 Å². The van der Waals surface area contributed by atoms with Crippen LogP contribution in [-0.2, 0) is 6.54 Å². The molecule has 3 nitrogen and oxygen atoms in total. The summed E-state index contributed by atoms with van der Waals surface area (Å²) in [5, 5.41) is 4.03. The van der Waals surface area contributed by atoms with Gasteiger partial charge in [0.25, 0.3) is 5.91 Å². The molecule has 0 fully saturated rings. The summed E-state index contributed by atoms with van der Waals surface area (Å²) in [5.41, 5.74) is 1.65. The van der Waals surface area contributed by atoms with Gasteiger partial charge in [0.2, 0.25) is 0 Å². The largest absolute Gasteiger partial charge is 0.347 e. The Hall–Kier alpha value is -1.77. The Kier molecular flexibility index (Phi) is 3.16. The second-order valence-corrected chi connectivity index (χ2v) is 5.55. The van der Waals surface area contributed by atoms with Crippen LogP contribution in [0.5, 0.6) is 0 Å². The summed E-state index contributed by atoms with van der Waals surface area (Å²) in [6.45, 7) is 8.92. The molecule has 0 spiro atoms. The van der Waals surface area contributed by atoms with E-state index in [1.165, 1.54) is 0 Å². The first-order chi connectivity index (χ1) is 8.42. The lowest BCUT2D eigenvalue weighted by Gasteiger charge is -2.20. The lowest BCUT2D eigenvalue weighted by Crippen LogP contribution is -2.40. The summed E-state index contributed by atoms with van der Waals surface area (Å²) in [7, 11) is 0. The van der Waals surface area contributed by atoms with Crippen LogP contribution in [0.2, 0.25) is 0 Å². The molecule has 0 bridgehead atoms. The summed E-state index contributed by atoms with van der Waals surface area (Å²) < 4.78 is 2.10. The van der Waals surface area contributed by atoms with Crippen molar-refractivity contribution >= 4 is 16.8 Å². The molecule has 2 rings (SSSR count). The average Bonchev–Trinajstić information content (AvgIpc) is 2.65. The van der Waals surface area contributed by atoms with Gasteiger partial charge >= 0.3 is 0 Å². The second kappa shape index (κ2) is 4.48. The van der Waals surface area contributed by atoms with Crippen LogP contribution in [-0.4, -0.2) is 16.0 Å². The summed E-state index contributed by atoms with van der Waals surface area (Å²) in [4.78, 5) is 12.3. The average molecular weight is 244 g/mol. The lowest BCUT2D eigenvalue weighted by molar-refractivity contribution is 0.0921. The molecular formula is C15H20N2O.